The van der Waals surface area contributed by atoms with E-state index in [0.29, 0.717) is 6.04 Å². The van der Waals surface area contributed by atoms with Gasteiger partial charge in [0.15, 0.2) is 0 Å². The van der Waals surface area contributed by atoms with E-state index >= 15 is 0 Å². The van der Waals surface area contributed by atoms with Crippen LogP contribution in [0.5, 0.6) is 0 Å². The van der Waals surface area contributed by atoms with Crippen molar-refractivity contribution in [1.29, 1.82) is 0 Å². The zero-order chi connectivity index (χ0) is 12.4. The van der Waals surface area contributed by atoms with Gasteiger partial charge in [0.2, 0.25) is 0 Å². The molecule has 3 rings (SSSR count). The van der Waals surface area contributed by atoms with Crippen LogP contribution < -0.4 is 5.73 Å². The van der Waals surface area contributed by atoms with E-state index in [2.05, 4.69) is 35.2 Å². The molecule has 2 N–H and O–H groups in total. The van der Waals surface area contributed by atoms with E-state index in [1.54, 1.807) is 0 Å². The molecule has 3 heteroatoms. The van der Waals surface area contributed by atoms with Gasteiger partial charge < -0.3 is 10.5 Å². The Morgan fingerprint density at radius 1 is 1.33 bits per heavy atom. The number of nitrogens with zero attached hydrogens (tertiary/aromatic N) is 1. The molecule has 3 nitrogen and oxygen atoms in total. The summed E-state index contributed by atoms with van der Waals surface area (Å²) in [6.07, 6.45) is 3.17. The number of hydrogen-bond acceptors (Lipinski definition) is 3. The lowest BCUT2D eigenvalue weighted by molar-refractivity contribution is -0.0760. The van der Waals surface area contributed by atoms with Gasteiger partial charge in [0.05, 0.1) is 5.60 Å². The van der Waals surface area contributed by atoms with Gasteiger partial charge in [0, 0.05) is 32.3 Å². The monoisotopic (exact) mass is 246 g/mol. The van der Waals surface area contributed by atoms with Crippen LogP contribution in [0.3, 0.4) is 0 Å². The van der Waals surface area contributed by atoms with Crippen molar-refractivity contribution in [3.05, 3.63) is 35.9 Å². The Bertz CT molecular complexity index is 395. The Morgan fingerprint density at radius 3 is 2.94 bits per heavy atom. The summed E-state index contributed by atoms with van der Waals surface area (Å²) in [5.41, 5.74) is 7.52. The van der Waals surface area contributed by atoms with E-state index < -0.39 is 0 Å². The molecule has 1 spiro atoms. The Kier molecular flexibility index (Phi) is 3.37. The summed E-state index contributed by atoms with van der Waals surface area (Å²) in [6, 6.07) is 11.0. The van der Waals surface area contributed by atoms with E-state index in [9.17, 15) is 0 Å². The molecule has 2 atom stereocenters. The highest BCUT2D eigenvalue weighted by Gasteiger charge is 2.42. The fourth-order valence-corrected chi connectivity index (χ4v) is 3.25. The predicted molar refractivity (Wildman–Crippen MR) is 72.2 cm³/mol. The lowest BCUT2D eigenvalue weighted by atomic mass is 9.90. The van der Waals surface area contributed by atoms with Crippen molar-refractivity contribution in [3.8, 4) is 0 Å². The normalized spacial score (nSPS) is 33.1. The first-order valence-electron chi connectivity index (χ1n) is 6.92. The first-order chi connectivity index (χ1) is 8.76. The third-order valence-corrected chi connectivity index (χ3v) is 4.18. The lowest BCUT2D eigenvalue weighted by Gasteiger charge is -2.36. The summed E-state index contributed by atoms with van der Waals surface area (Å²) in [7, 11) is 0. The average molecular weight is 246 g/mol. The van der Waals surface area contributed by atoms with Gasteiger partial charge in [-0.3, -0.25) is 4.90 Å². The molecule has 2 saturated heterocycles. The SMILES string of the molecule is N[C@H]1CCO[C@]2(CCN(Cc3ccccc3)C2)C1. The van der Waals surface area contributed by atoms with Crippen LogP contribution in [0.25, 0.3) is 0 Å². The molecule has 0 aromatic heterocycles. The van der Waals surface area contributed by atoms with Crippen molar-refractivity contribution in [3.63, 3.8) is 0 Å². The number of ether oxygens (including phenoxy) is 1. The standard InChI is InChI=1S/C15H22N2O/c16-14-6-9-18-15(10-14)7-8-17(12-15)11-13-4-2-1-3-5-13/h1-5,14H,6-12,16H2/t14-,15+/m0/s1. The van der Waals surface area contributed by atoms with Crippen molar-refractivity contribution in [2.45, 2.75) is 37.5 Å². The summed E-state index contributed by atoms with van der Waals surface area (Å²) in [5, 5.41) is 0. The van der Waals surface area contributed by atoms with Crippen molar-refractivity contribution in [1.82, 2.24) is 4.90 Å². The highest BCUT2D eigenvalue weighted by molar-refractivity contribution is 5.15. The molecule has 2 fully saturated rings. The van der Waals surface area contributed by atoms with Crippen molar-refractivity contribution < 1.29 is 4.74 Å². The smallest absolute Gasteiger partial charge is 0.0835 e. The molecule has 0 saturated carbocycles. The van der Waals surface area contributed by atoms with E-state index in [1.165, 1.54) is 5.56 Å². The molecule has 0 unspecified atom stereocenters. The topological polar surface area (TPSA) is 38.5 Å². The molecule has 1 aromatic carbocycles. The summed E-state index contributed by atoms with van der Waals surface area (Å²) >= 11 is 0. The second-order valence-corrected chi connectivity index (χ2v) is 5.73. The number of nitrogens with two attached hydrogens (primary N) is 1. The molecule has 98 valence electrons. The zero-order valence-electron chi connectivity index (χ0n) is 10.8. The number of hydrogen-bond donors (Lipinski definition) is 1. The Hall–Kier alpha value is -0.900. The van der Waals surface area contributed by atoms with Gasteiger partial charge in [0.25, 0.3) is 0 Å². The van der Waals surface area contributed by atoms with Crippen LogP contribution in [-0.2, 0) is 11.3 Å². The minimum absolute atomic E-state index is 0.0481. The molecule has 1 aromatic rings. The molecule has 0 bridgehead atoms. The maximum absolute atomic E-state index is 6.09. The van der Waals surface area contributed by atoms with Gasteiger partial charge in [0.1, 0.15) is 0 Å². The molecule has 18 heavy (non-hydrogen) atoms. The summed E-state index contributed by atoms with van der Waals surface area (Å²) in [6.45, 7) is 4.03. The average Bonchev–Trinajstić information content (AvgIpc) is 2.73. The number of likely N-dealkylation sites (tertiary alicyclic amines) is 1. The maximum atomic E-state index is 6.09. The van der Waals surface area contributed by atoms with Gasteiger partial charge >= 0.3 is 0 Å². The minimum Gasteiger partial charge on any atom is -0.373 e. The number of benzene rings is 1. The lowest BCUT2D eigenvalue weighted by Crippen LogP contribution is -2.46. The van der Waals surface area contributed by atoms with Gasteiger partial charge in [-0.25, -0.2) is 0 Å². The second kappa shape index (κ2) is 5.00. The first kappa shape index (κ1) is 12.2. The summed E-state index contributed by atoms with van der Waals surface area (Å²) in [5.74, 6) is 0. The fraction of sp³-hybridized carbons (Fsp3) is 0.600. The van der Waals surface area contributed by atoms with Gasteiger partial charge in [-0.05, 0) is 24.8 Å². The molecule has 0 amide bonds. The molecule has 2 aliphatic heterocycles. The van der Waals surface area contributed by atoms with Crippen molar-refractivity contribution >= 4 is 0 Å². The molecule has 2 aliphatic rings. The maximum Gasteiger partial charge on any atom is 0.0835 e. The molecular formula is C15H22N2O. The molecule has 0 aliphatic carbocycles. The van der Waals surface area contributed by atoms with Crippen LogP contribution in [0, 0.1) is 0 Å². The van der Waals surface area contributed by atoms with E-state index in [4.69, 9.17) is 10.5 Å². The largest absolute Gasteiger partial charge is 0.373 e. The van der Waals surface area contributed by atoms with E-state index in [1.807, 2.05) is 0 Å². The molecule has 0 radical (unpaired) electrons. The van der Waals surface area contributed by atoms with Crippen LogP contribution >= 0.6 is 0 Å². The Balaban J connectivity index is 1.61. The van der Waals surface area contributed by atoms with Crippen LogP contribution in [0.1, 0.15) is 24.8 Å². The van der Waals surface area contributed by atoms with Crippen LogP contribution in [-0.4, -0.2) is 36.2 Å². The van der Waals surface area contributed by atoms with Crippen LogP contribution in [0.2, 0.25) is 0 Å². The number of rotatable bonds is 2. The zero-order valence-corrected chi connectivity index (χ0v) is 10.8. The van der Waals surface area contributed by atoms with Crippen molar-refractivity contribution in [2.75, 3.05) is 19.7 Å². The second-order valence-electron chi connectivity index (χ2n) is 5.73. The molecule has 2 heterocycles. The predicted octanol–water partition coefficient (Wildman–Crippen LogP) is 1.77. The summed E-state index contributed by atoms with van der Waals surface area (Å²) < 4.78 is 6.04. The third kappa shape index (κ3) is 2.58. The van der Waals surface area contributed by atoms with Gasteiger partial charge in [-0.1, -0.05) is 30.3 Å². The third-order valence-electron chi connectivity index (χ3n) is 4.18. The fourth-order valence-electron chi connectivity index (χ4n) is 3.25. The van der Waals surface area contributed by atoms with Gasteiger partial charge in [-0.2, -0.15) is 0 Å². The highest BCUT2D eigenvalue weighted by Crippen LogP contribution is 2.34. The van der Waals surface area contributed by atoms with Gasteiger partial charge in [-0.15, -0.1) is 0 Å². The van der Waals surface area contributed by atoms with Crippen molar-refractivity contribution in [2.24, 2.45) is 5.73 Å². The Morgan fingerprint density at radius 2 is 2.17 bits per heavy atom. The minimum atomic E-state index is 0.0481. The quantitative estimate of drug-likeness (QED) is 0.864. The highest BCUT2D eigenvalue weighted by atomic mass is 16.5. The summed E-state index contributed by atoms with van der Waals surface area (Å²) in [4.78, 5) is 2.49. The van der Waals surface area contributed by atoms with E-state index in [0.717, 1.165) is 45.5 Å². The van der Waals surface area contributed by atoms with Crippen LogP contribution in [0.4, 0.5) is 0 Å². The Labute approximate surface area is 109 Å². The first-order valence-corrected chi connectivity index (χ1v) is 6.92. The van der Waals surface area contributed by atoms with E-state index in [-0.39, 0.29) is 5.60 Å². The van der Waals surface area contributed by atoms with Crippen LogP contribution in [0.15, 0.2) is 30.3 Å². The molecular weight excluding hydrogens is 224 g/mol.